The molecule has 3 rings (SSSR count). The minimum Gasteiger partial charge on any atom is -0.444 e. The second kappa shape index (κ2) is 8.34. The molecule has 0 aliphatic heterocycles. The number of rotatable bonds is 4. The van der Waals surface area contributed by atoms with Crippen molar-refractivity contribution in [2.45, 2.75) is 45.1 Å². The van der Waals surface area contributed by atoms with Crippen molar-refractivity contribution in [3.63, 3.8) is 0 Å². The summed E-state index contributed by atoms with van der Waals surface area (Å²) >= 11 is 0. The van der Waals surface area contributed by atoms with Gasteiger partial charge in [0.05, 0.1) is 11.6 Å². The normalized spacial score (nSPS) is 12.9. The fraction of sp³-hybridized carbons (Fsp3) is 0.304. The van der Waals surface area contributed by atoms with Crippen LogP contribution in [0.15, 0.2) is 54.7 Å². The van der Waals surface area contributed by atoms with Gasteiger partial charge in [0.25, 0.3) is 0 Å². The first-order chi connectivity index (χ1) is 14.5. The quantitative estimate of drug-likeness (QED) is 0.579. The molecule has 1 heterocycles. The lowest BCUT2D eigenvalue weighted by Gasteiger charge is -2.25. The van der Waals surface area contributed by atoms with E-state index in [0.29, 0.717) is 23.0 Å². The van der Waals surface area contributed by atoms with Crippen LogP contribution < -0.4 is 5.32 Å². The average molecular weight is 429 g/mol. The Hall–Kier alpha value is -3.47. The van der Waals surface area contributed by atoms with E-state index >= 15 is 0 Å². The number of halogens is 3. The Bertz CT molecular complexity index is 1120. The van der Waals surface area contributed by atoms with Crippen LogP contribution in [0.2, 0.25) is 0 Å². The predicted molar refractivity (Wildman–Crippen MR) is 110 cm³/mol. The number of alkyl carbamates (subject to hydrolysis) is 1. The van der Waals surface area contributed by atoms with Gasteiger partial charge < -0.3 is 14.6 Å². The van der Waals surface area contributed by atoms with Crippen LogP contribution in [-0.2, 0) is 11.3 Å². The smallest absolute Gasteiger partial charge is 0.413 e. The summed E-state index contributed by atoms with van der Waals surface area (Å²) in [5.41, 5.74) is 0.627. The third-order valence-corrected chi connectivity index (χ3v) is 4.54. The van der Waals surface area contributed by atoms with Crippen LogP contribution in [0, 0.1) is 11.3 Å². The molecule has 0 saturated heterocycles. The zero-order valence-electron chi connectivity index (χ0n) is 17.3. The number of benzene rings is 2. The van der Waals surface area contributed by atoms with Crippen molar-refractivity contribution in [1.82, 2.24) is 9.88 Å². The molecule has 8 heteroatoms. The molecule has 162 valence electrons. The van der Waals surface area contributed by atoms with Crippen LogP contribution in [0.4, 0.5) is 18.0 Å². The van der Waals surface area contributed by atoms with E-state index in [4.69, 9.17) is 4.74 Å². The number of nitrogens with one attached hydrogen (secondary N) is 1. The number of aromatic nitrogens is 1. The maximum atomic E-state index is 14.0. The van der Waals surface area contributed by atoms with E-state index in [1.807, 2.05) is 41.7 Å². The summed E-state index contributed by atoms with van der Waals surface area (Å²) in [6.45, 7) is 5.03. The van der Waals surface area contributed by atoms with Gasteiger partial charge in [0, 0.05) is 29.2 Å². The van der Waals surface area contributed by atoms with Gasteiger partial charge in [0.1, 0.15) is 5.60 Å². The third kappa shape index (κ3) is 5.37. The summed E-state index contributed by atoms with van der Waals surface area (Å²) in [6, 6.07) is 13.5. The highest BCUT2D eigenvalue weighted by Crippen LogP contribution is 2.38. The SMILES string of the molecule is CC(C)(C)OC(=O)NC(c1cn(Cc2ccccc2)c2cc(C#N)ccc12)C(F)(F)F. The van der Waals surface area contributed by atoms with Crippen molar-refractivity contribution >= 4 is 17.0 Å². The third-order valence-electron chi connectivity index (χ3n) is 4.54. The van der Waals surface area contributed by atoms with Crippen LogP contribution in [-0.4, -0.2) is 22.4 Å². The summed E-state index contributed by atoms with van der Waals surface area (Å²) in [7, 11) is 0. The zero-order chi connectivity index (χ0) is 22.8. The molecule has 1 N–H and O–H groups in total. The van der Waals surface area contributed by atoms with Crippen molar-refractivity contribution in [2.75, 3.05) is 0 Å². The lowest BCUT2D eigenvalue weighted by Crippen LogP contribution is -2.41. The molecular weight excluding hydrogens is 407 g/mol. The number of hydrogen-bond acceptors (Lipinski definition) is 3. The Morgan fingerprint density at radius 1 is 1.16 bits per heavy atom. The molecule has 0 saturated carbocycles. The molecule has 1 aromatic heterocycles. The van der Waals surface area contributed by atoms with Gasteiger partial charge in [-0.1, -0.05) is 36.4 Å². The summed E-state index contributed by atoms with van der Waals surface area (Å²) in [6.07, 6.45) is -4.54. The lowest BCUT2D eigenvalue weighted by atomic mass is 10.0. The van der Waals surface area contributed by atoms with Gasteiger partial charge in [-0.2, -0.15) is 18.4 Å². The number of alkyl halides is 3. The number of fused-ring (bicyclic) bond motifs is 1. The molecule has 0 spiro atoms. The van der Waals surface area contributed by atoms with Crippen LogP contribution in [0.5, 0.6) is 0 Å². The van der Waals surface area contributed by atoms with Gasteiger partial charge in [0.2, 0.25) is 0 Å². The first-order valence-electron chi connectivity index (χ1n) is 9.61. The molecule has 5 nitrogen and oxygen atoms in total. The first kappa shape index (κ1) is 22.2. The van der Waals surface area contributed by atoms with Gasteiger partial charge in [0.15, 0.2) is 6.04 Å². The van der Waals surface area contributed by atoms with Crippen molar-refractivity contribution in [3.8, 4) is 6.07 Å². The summed E-state index contributed by atoms with van der Waals surface area (Å²) in [5.74, 6) is 0. The van der Waals surface area contributed by atoms with Crippen LogP contribution in [0.1, 0.15) is 43.5 Å². The minimum absolute atomic E-state index is 0.117. The van der Waals surface area contributed by atoms with E-state index in [9.17, 15) is 23.2 Å². The van der Waals surface area contributed by atoms with Gasteiger partial charge in [-0.15, -0.1) is 0 Å². The average Bonchev–Trinajstić information content (AvgIpc) is 3.02. The Labute approximate surface area is 178 Å². The number of carbonyl (C=O) groups excluding carboxylic acids is 1. The van der Waals surface area contributed by atoms with Gasteiger partial charge in [-0.3, -0.25) is 0 Å². The van der Waals surface area contributed by atoms with E-state index < -0.39 is 23.9 Å². The zero-order valence-corrected chi connectivity index (χ0v) is 17.3. The number of ether oxygens (including phenoxy) is 1. The molecule has 0 bridgehead atoms. The Morgan fingerprint density at radius 2 is 1.84 bits per heavy atom. The van der Waals surface area contributed by atoms with Crippen LogP contribution >= 0.6 is 0 Å². The first-order valence-corrected chi connectivity index (χ1v) is 9.61. The molecule has 2 aromatic carbocycles. The Morgan fingerprint density at radius 3 is 2.42 bits per heavy atom. The fourth-order valence-corrected chi connectivity index (χ4v) is 3.29. The largest absolute Gasteiger partial charge is 0.444 e. The van der Waals surface area contributed by atoms with Crippen LogP contribution in [0.25, 0.3) is 10.9 Å². The Balaban J connectivity index is 2.09. The molecule has 0 fully saturated rings. The van der Waals surface area contributed by atoms with Gasteiger partial charge >= 0.3 is 12.3 Å². The molecular formula is C23H22F3N3O2. The maximum absolute atomic E-state index is 14.0. The molecule has 1 amide bonds. The lowest BCUT2D eigenvalue weighted by molar-refractivity contribution is -0.156. The summed E-state index contributed by atoms with van der Waals surface area (Å²) in [4.78, 5) is 12.1. The number of carbonyl (C=O) groups is 1. The fourth-order valence-electron chi connectivity index (χ4n) is 3.29. The van der Waals surface area contributed by atoms with E-state index in [2.05, 4.69) is 0 Å². The molecule has 3 aromatic rings. The molecule has 1 unspecified atom stereocenters. The molecule has 0 aliphatic rings. The van der Waals surface area contributed by atoms with Gasteiger partial charge in [-0.05, 0) is 38.5 Å². The summed E-state index contributed by atoms with van der Waals surface area (Å²) < 4.78 is 48.6. The molecule has 0 aliphatic carbocycles. The number of hydrogen-bond donors (Lipinski definition) is 1. The monoisotopic (exact) mass is 429 g/mol. The second-order valence-corrected chi connectivity index (χ2v) is 8.16. The summed E-state index contributed by atoms with van der Waals surface area (Å²) in [5, 5.41) is 11.5. The van der Waals surface area contributed by atoms with E-state index in [-0.39, 0.29) is 5.56 Å². The van der Waals surface area contributed by atoms with Gasteiger partial charge in [-0.25, -0.2) is 4.79 Å². The van der Waals surface area contributed by atoms with Crippen molar-refractivity contribution in [2.24, 2.45) is 0 Å². The van der Waals surface area contributed by atoms with Crippen LogP contribution in [0.3, 0.4) is 0 Å². The van der Waals surface area contributed by atoms with Crippen molar-refractivity contribution < 1.29 is 22.7 Å². The standard InChI is InChI=1S/C23H22F3N3O2/c1-22(2,3)31-21(30)28-20(23(24,25)26)18-14-29(13-15-7-5-4-6-8-15)19-11-16(12-27)9-10-17(18)19/h4-11,14,20H,13H2,1-3H3,(H,28,30). The topological polar surface area (TPSA) is 67.0 Å². The highest BCUT2D eigenvalue weighted by atomic mass is 19.4. The van der Waals surface area contributed by atoms with E-state index in [1.54, 1.807) is 31.4 Å². The highest BCUT2D eigenvalue weighted by molar-refractivity contribution is 5.86. The van der Waals surface area contributed by atoms with Crippen molar-refractivity contribution in [3.05, 3.63) is 71.4 Å². The molecule has 0 radical (unpaired) electrons. The molecule has 1 atom stereocenters. The molecule has 31 heavy (non-hydrogen) atoms. The predicted octanol–water partition coefficient (Wildman–Crippen LogP) is 5.69. The number of nitrogens with zero attached hydrogens (tertiary/aromatic N) is 2. The number of nitriles is 1. The maximum Gasteiger partial charge on any atom is 0.413 e. The second-order valence-electron chi connectivity index (χ2n) is 8.16. The number of amides is 1. The Kier molecular flexibility index (Phi) is 5.98. The highest BCUT2D eigenvalue weighted by Gasteiger charge is 2.44. The minimum atomic E-state index is -4.75. The van der Waals surface area contributed by atoms with E-state index in [1.165, 1.54) is 18.3 Å². The van der Waals surface area contributed by atoms with Crippen molar-refractivity contribution in [1.29, 1.82) is 5.26 Å². The van der Waals surface area contributed by atoms with E-state index in [0.717, 1.165) is 5.56 Å².